The Balaban J connectivity index is 2.30. The van der Waals surface area contributed by atoms with Crippen molar-refractivity contribution in [3.63, 3.8) is 0 Å². The maximum atomic E-state index is 12.8. The first-order valence-corrected chi connectivity index (χ1v) is 6.11. The van der Waals surface area contributed by atoms with Crippen LogP contribution in [0.1, 0.15) is 19.0 Å². The van der Waals surface area contributed by atoms with Gasteiger partial charge in [0.2, 0.25) is 0 Å². The summed E-state index contributed by atoms with van der Waals surface area (Å²) in [5.41, 5.74) is 1.67. The highest BCUT2D eigenvalue weighted by Gasteiger charge is 2.12. The summed E-state index contributed by atoms with van der Waals surface area (Å²) in [5, 5.41) is 23.2. The summed E-state index contributed by atoms with van der Waals surface area (Å²) in [4.78, 5) is 3.94. The van der Waals surface area contributed by atoms with Crippen molar-refractivity contribution in [3.05, 3.63) is 35.9 Å². The summed E-state index contributed by atoms with van der Waals surface area (Å²) >= 11 is 0. The number of hydrogen-bond acceptors (Lipinski definition) is 4. The van der Waals surface area contributed by atoms with Gasteiger partial charge in [0.1, 0.15) is 11.5 Å². The van der Waals surface area contributed by atoms with E-state index in [0.29, 0.717) is 30.0 Å². The second-order valence-electron chi connectivity index (χ2n) is 4.28. The average molecular weight is 265 g/mol. The van der Waals surface area contributed by atoms with Gasteiger partial charge in [0.05, 0.1) is 36.8 Å². The first-order chi connectivity index (χ1) is 9.13. The van der Waals surface area contributed by atoms with E-state index in [1.807, 2.05) is 6.92 Å². The van der Waals surface area contributed by atoms with Gasteiger partial charge in [0, 0.05) is 0 Å². The molecule has 0 saturated heterocycles. The molecule has 2 N–H and O–H groups in total. The van der Waals surface area contributed by atoms with Crippen molar-refractivity contribution in [2.45, 2.75) is 32.6 Å². The van der Waals surface area contributed by atoms with Crippen LogP contribution in [0.5, 0.6) is 0 Å². The van der Waals surface area contributed by atoms with E-state index in [-0.39, 0.29) is 6.61 Å². The average Bonchev–Trinajstić information content (AvgIpc) is 2.82. The van der Waals surface area contributed by atoms with Crippen LogP contribution in [0, 0.1) is 5.82 Å². The number of aliphatic hydroxyl groups excluding tert-OH is 2. The van der Waals surface area contributed by atoms with Crippen LogP contribution >= 0.6 is 0 Å². The molecule has 1 unspecified atom stereocenters. The monoisotopic (exact) mass is 265 g/mol. The van der Waals surface area contributed by atoms with Gasteiger partial charge in [-0.25, -0.2) is 4.39 Å². The predicted molar refractivity (Wildman–Crippen MR) is 67.6 cm³/mol. The Bertz CT molecular complexity index is 539. The second kappa shape index (κ2) is 5.90. The number of aliphatic hydroxyl groups is 2. The molecule has 102 valence electrons. The number of aromatic nitrogens is 3. The van der Waals surface area contributed by atoms with E-state index in [1.165, 1.54) is 12.1 Å². The third-order valence-corrected chi connectivity index (χ3v) is 2.87. The van der Waals surface area contributed by atoms with Gasteiger partial charge in [-0.05, 0) is 24.6 Å². The number of pyridine rings is 1. The summed E-state index contributed by atoms with van der Waals surface area (Å²) in [7, 11) is 0. The van der Waals surface area contributed by atoms with E-state index < -0.39 is 11.9 Å². The van der Waals surface area contributed by atoms with Crippen LogP contribution in [-0.4, -0.2) is 31.1 Å². The molecule has 0 aliphatic carbocycles. The molecule has 2 rings (SSSR count). The molecule has 0 saturated carbocycles. The van der Waals surface area contributed by atoms with Gasteiger partial charge < -0.3 is 10.2 Å². The fourth-order valence-electron chi connectivity index (χ4n) is 1.72. The zero-order valence-electron chi connectivity index (χ0n) is 10.6. The highest BCUT2D eigenvalue weighted by molar-refractivity contribution is 5.53. The van der Waals surface area contributed by atoms with Crippen LogP contribution in [0.3, 0.4) is 0 Å². The van der Waals surface area contributed by atoms with E-state index in [9.17, 15) is 14.6 Å². The van der Waals surface area contributed by atoms with Gasteiger partial charge in [-0.2, -0.15) is 5.10 Å². The Morgan fingerprint density at radius 3 is 2.74 bits per heavy atom. The summed E-state index contributed by atoms with van der Waals surface area (Å²) in [6.07, 6.45) is 1.21. The van der Waals surface area contributed by atoms with Gasteiger partial charge in [-0.3, -0.25) is 9.67 Å². The Labute approximate surface area is 110 Å². The SMILES string of the molecule is CCC(O)Cn1nc(-c2ccc(F)cn2)cc1CO. The number of halogens is 1. The van der Waals surface area contributed by atoms with Crippen molar-refractivity contribution in [2.24, 2.45) is 0 Å². The number of rotatable bonds is 5. The lowest BCUT2D eigenvalue weighted by Gasteiger charge is -2.09. The van der Waals surface area contributed by atoms with Crippen LogP contribution in [-0.2, 0) is 13.2 Å². The smallest absolute Gasteiger partial charge is 0.141 e. The third-order valence-electron chi connectivity index (χ3n) is 2.87. The maximum Gasteiger partial charge on any atom is 0.141 e. The molecule has 0 amide bonds. The Morgan fingerprint density at radius 2 is 2.16 bits per heavy atom. The molecule has 0 spiro atoms. The molecule has 2 heterocycles. The summed E-state index contributed by atoms with van der Waals surface area (Å²) in [6, 6.07) is 4.52. The van der Waals surface area contributed by atoms with E-state index in [1.54, 1.807) is 10.7 Å². The van der Waals surface area contributed by atoms with Gasteiger partial charge in [0.25, 0.3) is 0 Å². The van der Waals surface area contributed by atoms with Gasteiger partial charge in [-0.15, -0.1) is 0 Å². The minimum Gasteiger partial charge on any atom is -0.391 e. The molecule has 6 heteroatoms. The first kappa shape index (κ1) is 13.6. The molecule has 0 aliphatic heterocycles. The topological polar surface area (TPSA) is 71.2 Å². The fraction of sp³-hybridized carbons (Fsp3) is 0.385. The zero-order valence-corrected chi connectivity index (χ0v) is 10.6. The molecule has 5 nitrogen and oxygen atoms in total. The minimum absolute atomic E-state index is 0.176. The molecule has 0 bridgehead atoms. The number of hydrogen-bond donors (Lipinski definition) is 2. The van der Waals surface area contributed by atoms with Crippen LogP contribution in [0.25, 0.3) is 11.4 Å². The van der Waals surface area contributed by atoms with Gasteiger partial charge in [-0.1, -0.05) is 6.92 Å². The van der Waals surface area contributed by atoms with E-state index in [2.05, 4.69) is 10.1 Å². The Morgan fingerprint density at radius 1 is 1.37 bits per heavy atom. The first-order valence-electron chi connectivity index (χ1n) is 6.11. The standard InChI is InChI=1S/C13H16FN3O2/c1-2-11(19)7-17-10(8-18)5-13(16-17)12-4-3-9(14)6-15-12/h3-6,11,18-19H,2,7-8H2,1H3. The summed E-state index contributed by atoms with van der Waals surface area (Å²) in [5.74, 6) is -0.410. The van der Waals surface area contributed by atoms with Crippen molar-refractivity contribution >= 4 is 0 Å². The molecule has 2 aromatic heterocycles. The molecule has 0 aliphatic rings. The zero-order chi connectivity index (χ0) is 13.8. The largest absolute Gasteiger partial charge is 0.391 e. The van der Waals surface area contributed by atoms with Gasteiger partial charge in [0.15, 0.2) is 0 Å². The second-order valence-corrected chi connectivity index (χ2v) is 4.28. The van der Waals surface area contributed by atoms with Crippen LogP contribution < -0.4 is 0 Å². The molecule has 1 atom stereocenters. The van der Waals surface area contributed by atoms with Crippen LogP contribution in [0.15, 0.2) is 24.4 Å². The van der Waals surface area contributed by atoms with E-state index in [0.717, 1.165) is 6.20 Å². The highest BCUT2D eigenvalue weighted by atomic mass is 19.1. The van der Waals surface area contributed by atoms with Crippen molar-refractivity contribution in [3.8, 4) is 11.4 Å². The molecule has 19 heavy (non-hydrogen) atoms. The normalized spacial score (nSPS) is 12.6. The Kier molecular flexibility index (Phi) is 4.24. The highest BCUT2D eigenvalue weighted by Crippen LogP contribution is 2.17. The molecular weight excluding hydrogens is 249 g/mol. The Hall–Kier alpha value is -1.79. The fourth-order valence-corrected chi connectivity index (χ4v) is 1.72. The summed E-state index contributed by atoms with van der Waals surface area (Å²) < 4.78 is 14.4. The lowest BCUT2D eigenvalue weighted by atomic mass is 10.2. The lowest BCUT2D eigenvalue weighted by molar-refractivity contribution is 0.141. The maximum absolute atomic E-state index is 12.8. The van der Waals surface area contributed by atoms with Crippen LogP contribution in [0.2, 0.25) is 0 Å². The molecular formula is C13H16FN3O2. The number of nitrogens with zero attached hydrogens (tertiary/aromatic N) is 3. The third kappa shape index (κ3) is 3.15. The van der Waals surface area contributed by atoms with Crippen LogP contribution in [0.4, 0.5) is 4.39 Å². The van der Waals surface area contributed by atoms with E-state index in [4.69, 9.17) is 0 Å². The predicted octanol–water partition coefficient (Wildman–Crippen LogP) is 1.35. The minimum atomic E-state index is -0.515. The summed E-state index contributed by atoms with van der Waals surface area (Å²) in [6.45, 7) is 2.01. The van der Waals surface area contributed by atoms with Crippen molar-refractivity contribution in [1.29, 1.82) is 0 Å². The molecule has 2 aromatic rings. The molecule has 0 radical (unpaired) electrons. The van der Waals surface area contributed by atoms with Crippen molar-refractivity contribution < 1.29 is 14.6 Å². The van der Waals surface area contributed by atoms with Crippen molar-refractivity contribution in [1.82, 2.24) is 14.8 Å². The molecule has 0 fully saturated rings. The van der Waals surface area contributed by atoms with Gasteiger partial charge >= 0.3 is 0 Å². The molecule has 0 aromatic carbocycles. The lowest BCUT2D eigenvalue weighted by Crippen LogP contribution is -2.17. The van der Waals surface area contributed by atoms with E-state index >= 15 is 0 Å². The van der Waals surface area contributed by atoms with Crippen molar-refractivity contribution in [2.75, 3.05) is 0 Å². The quantitative estimate of drug-likeness (QED) is 0.856.